The number of halogens is 1. The standard InChI is InChI=1S/C14H14BrN3O2/c1-17-9-16-6-12(17)13(19)18-7-14(20,8-18)10-2-4-11(15)5-3-10/h2-6,9,20H,7-8H2,1H3. The van der Waals surface area contributed by atoms with Crippen molar-refractivity contribution in [3.05, 3.63) is 52.5 Å². The minimum atomic E-state index is -0.949. The summed E-state index contributed by atoms with van der Waals surface area (Å²) in [5.74, 6) is -0.105. The van der Waals surface area contributed by atoms with E-state index >= 15 is 0 Å². The molecule has 1 aromatic heterocycles. The van der Waals surface area contributed by atoms with Crippen molar-refractivity contribution in [3.63, 3.8) is 0 Å². The number of rotatable bonds is 2. The molecule has 1 aliphatic rings. The Morgan fingerprint density at radius 2 is 2.00 bits per heavy atom. The number of aliphatic hydroxyl groups is 1. The summed E-state index contributed by atoms with van der Waals surface area (Å²) in [6.45, 7) is 0.608. The molecule has 20 heavy (non-hydrogen) atoms. The van der Waals surface area contributed by atoms with Crippen LogP contribution in [0.25, 0.3) is 0 Å². The molecule has 5 nitrogen and oxygen atoms in total. The second-order valence-electron chi connectivity index (χ2n) is 5.09. The second-order valence-corrected chi connectivity index (χ2v) is 6.01. The lowest BCUT2D eigenvalue weighted by Crippen LogP contribution is -2.61. The van der Waals surface area contributed by atoms with Crippen molar-refractivity contribution in [2.24, 2.45) is 7.05 Å². The molecule has 0 saturated carbocycles. The van der Waals surface area contributed by atoms with E-state index in [2.05, 4.69) is 20.9 Å². The Kier molecular flexibility index (Phi) is 3.14. The molecule has 104 valence electrons. The molecule has 0 aliphatic carbocycles. The average molecular weight is 336 g/mol. The summed E-state index contributed by atoms with van der Waals surface area (Å²) in [5, 5.41) is 10.5. The normalized spacial score (nSPS) is 16.9. The van der Waals surface area contributed by atoms with Gasteiger partial charge in [0.25, 0.3) is 5.91 Å². The number of likely N-dealkylation sites (tertiary alicyclic amines) is 1. The van der Waals surface area contributed by atoms with Crippen LogP contribution in [0.15, 0.2) is 41.3 Å². The second kappa shape index (κ2) is 4.71. The molecule has 2 aromatic rings. The summed E-state index contributed by atoms with van der Waals surface area (Å²) < 4.78 is 2.64. The van der Waals surface area contributed by atoms with Gasteiger partial charge in [-0.15, -0.1) is 0 Å². The third kappa shape index (κ3) is 2.14. The van der Waals surface area contributed by atoms with Crippen LogP contribution in [-0.2, 0) is 12.6 Å². The summed E-state index contributed by atoms with van der Waals surface area (Å²) in [6.07, 6.45) is 3.13. The first-order valence-electron chi connectivity index (χ1n) is 6.24. The highest BCUT2D eigenvalue weighted by Crippen LogP contribution is 2.33. The topological polar surface area (TPSA) is 58.4 Å². The van der Waals surface area contributed by atoms with Crippen molar-refractivity contribution < 1.29 is 9.90 Å². The molecule has 1 fully saturated rings. The van der Waals surface area contributed by atoms with Crippen molar-refractivity contribution in [3.8, 4) is 0 Å². The van der Waals surface area contributed by atoms with Crippen LogP contribution in [0.4, 0.5) is 0 Å². The molecule has 0 unspecified atom stereocenters. The van der Waals surface area contributed by atoms with Crippen LogP contribution in [-0.4, -0.2) is 38.6 Å². The van der Waals surface area contributed by atoms with Crippen molar-refractivity contribution in [2.45, 2.75) is 5.60 Å². The third-order valence-electron chi connectivity index (χ3n) is 3.61. The van der Waals surface area contributed by atoms with Gasteiger partial charge in [0.2, 0.25) is 0 Å². The molecule has 1 aliphatic heterocycles. The highest BCUT2D eigenvalue weighted by Gasteiger charge is 2.45. The Labute approximate surface area is 125 Å². The summed E-state index contributed by atoms with van der Waals surface area (Å²) in [7, 11) is 1.78. The number of aromatic nitrogens is 2. The number of amides is 1. The number of β-amino-alcohol motifs (C(OH)–C–C–N with tert-alkyl or cyclic N) is 1. The number of aryl methyl sites for hydroxylation is 1. The van der Waals surface area contributed by atoms with E-state index in [1.165, 1.54) is 0 Å². The minimum absolute atomic E-state index is 0.105. The molecular formula is C14H14BrN3O2. The molecule has 0 bridgehead atoms. The molecule has 3 rings (SSSR count). The highest BCUT2D eigenvalue weighted by molar-refractivity contribution is 9.10. The van der Waals surface area contributed by atoms with Gasteiger partial charge in [0.05, 0.1) is 25.6 Å². The lowest BCUT2D eigenvalue weighted by Gasteiger charge is -2.46. The number of carbonyl (C=O) groups is 1. The Hall–Kier alpha value is -1.66. The first kappa shape index (κ1) is 13.3. The Morgan fingerprint density at radius 1 is 1.35 bits per heavy atom. The Bertz CT molecular complexity index is 645. The average Bonchev–Trinajstić information content (AvgIpc) is 2.81. The molecular weight excluding hydrogens is 322 g/mol. The van der Waals surface area contributed by atoms with E-state index < -0.39 is 5.60 Å². The quantitative estimate of drug-likeness (QED) is 0.905. The van der Waals surface area contributed by atoms with Crippen molar-refractivity contribution in [1.29, 1.82) is 0 Å². The van der Waals surface area contributed by atoms with E-state index in [1.807, 2.05) is 24.3 Å². The summed E-state index contributed by atoms with van der Waals surface area (Å²) in [6, 6.07) is 7.52. The van der Waals surface area contributed by atoms with Gasteiger partial charge in [0, 0.05) is 11.5 Å². The number of hydrogen-bond donors (Lipinski definition) is 1. The van der Waals surface area contributed by atoms with Gasteiger partial charge in [0.1, 0.15) is 11.3 Å². The zero-order chi connectivity index (χ0) is 14.3. The molecule has 1 amide bonds. The first-order valence-corrected chi connectivity index (χ1v) is 7.03. The van der Waals surface area contributed by atoms with Crippen molar-refractivity contribution >= 4 is 21.8 Å². The lowest BCUT2D eigenvalue weighted by atomic mass is 9.86. The van der Waals surface area contributed by atoms with Gasteiger partial charge in [-0.1, -0.05) is 28.1 Å². The van der Waals surface area contributed by atoms with Crippen LogP contribution >= 0.6 is 15.9 Å². The first-order chi connectivity index (χ1) is 9.49. The molecule has 0 radical (unpaired) electrons. The van der Waals surface area contributed by atoms with Crippen LogP contribution in [0, 0.1) is 0 Å². The van der Waals surface area contributed by atoms with Gasteiger partial charge in [-0.2, -0.15) is 0 Å². The third-order valence-corrected chi connectivity index (χ3v) is 4.14. The molecule has 0 atom stereocenters. The number of imidazole rings is 1. The van der Waals surface area contributed by atoms with Crippen LogP contribution in [0.3, 0.4) is 0 Å². The highest BCUT2D eigenvalue weighted by atomic mass is 79.9. The fourth-order valence-electron chi connectivity index (χ4n) is 2.40. The molecule has 1 aromatic carbocycles. The largest absolute Gasteiger partial charge is 0.381 e. The van der Waals surface area contributed by atoms with Crippen LogP contribution in [0.5, 0.6) is 0 Å². The predicted molar refractivity (Wildman–Crippen MR) is 77.2 cm³/mol. The number of hydrogen-bond acceptors (Lipinski definition) is 3. The molecule has 1 saturated heterocycles. The van der Waals surface area contributed by atoms with E-state index in [9.17, 15) is 9.90 Å². The zero-order valence-corrected chi connectivity index (χ0v) is 12.5. The lowest BCUT2D eigenvalue weighted by molar-refractivity contribution is -0.0866. The van der Waals surface area contributed by atoms with Gasteiger partial charge in [-0.25, -0.2) is 4.98 Å². The van der Waals surface area contributed by atoms with Gasteiger partial charge in [-0.05, 0) is 17.7 Å². The maximum absolute atomic E-state index is 12.2. The molecule has 1 N–H and O–H groups in total. The van der Waals surface area contributed by atoms with E-state index in [1.54, 1.807) is 29.0 Å². The SMILES string of the molecule is Cn1cncc1C(=O)N1CC(O)(c2ccc(Br)cc2)C1. The van der Waals surface area contributed by atoms with E-state index in [0.717, 1.165) is 10.0 Å². The van der Waals surface area contributed by atoms with Gasteiger partial charge < -0.3 is 14.6 Å². The summed E-state index contributed by atoms with van der Waals surface area (Å²) in [4.78, 5) is 17.8. The summed E-state index contributed by atoms with van der Waals surface area (Å²) >= 11 is 3.37. The van der Waals surface area contributed by atoms with Crippen LogP contribution < -0.4 is 0 Å². The maximum atomic E-state index is 12.2. The fourth-order valence-corrected chi connectivity index (χ4v) is 2.66. The molecule has 6 heteroatoms. The Balaban J connectivity index is 1.73. The van der Waals surface area contributed by atoms with Gasteiger partial charge in [-0.3, -0.25) is 4.79 Å². The summed E-state index contributed by atoms with van der Waals surface area (Å²) in [5.41, 5.74) is 0.409. The molecule has 2 heterocycles. The van der Waals surface area contributed by atoms with E-state index in [-0.39, 0.29) is 5.91 Å². The van der Waals surface area contributed by atoms with Gasteiger partial charge >= 0.3 is 0 Å². The smallest absolute Gasteiger partial charge is 0.272 e. The van der Waals surface area contributed by atoms with E-state index in [0.29, 0.717) is 18.8 Å². The Morgan fingerprint density at radius 3 is 2.55 bits per heavy atom. The zero-order valence-electron chi connectivity index (χ0n) is 11.0. The number of carbonyl (C=O) groups excluding carboxylic acids is 1. The monoisotopic (exact) mass is 335 g/mol. The van der Waals surface area contributed by atoms with Gasteiger partial charge in [0.15, 0.2) is 0 Å². The fraction of sp³-hybridized carbons (Fsp3) is 0.286. The number of benzene rings is 1. The van der Waals surface area contributed by atoms with Crippen molar-refractivity contribution in [2.75, 3.05) is 13.1 Å². The van der Waals surface area contributed by atoms with Crippen LogP contribution in [0.1, 0.15) is 16.1 Å². The van der Waals surface area contributed by atoms with Crippen LogP contribution in [0.2, 0.25) is 0 Å². The predicted octanol–water partition coefficient (Wildman–Crippen LogP) is 1.53. The minimum Gasteiger partial charge on any atom is -0.381 e. The van der Waals surface area contributed by atoms with Crippen molar-refractivity contribution in [1.82, 2.24) is 14.5 Å². The number of nitrogens with zero attached hydrogens (tertiary/aromatic N) is 3. The maximum Gasteiger partial charge on any atom is 0.272 e. The van der Waals surface area contributed by atoms with E-state index in [4.69, 9.17) is 0 Å². The molecule has 0 spiro atoms.